The lowest BCUT2D eigenvalue weighted by molar-refractivity contribution is -0.00119. The van der Waals surface area contributed by atoms with E-state index in [0.717, 1.165) is 22.6 Å². The van der Waals surface area contributed by atoms with Crippen molar-refractivity contribution < 1.29 is 14.0 Å². The van der Waals surface area contributed by atoms with Crippen molar-refractivity contribution >= 4 is 11.6 Å². The molecule has 8 nitrogen and oxygen atoms in total. The molecule has 0 aliphatic carbocycles. The van der Waals surface area contributed by atoms with Gasteiger partial charge < -0.3 is 14.0 Å². The Balaban J connectivity index is 1.38. The van der Waals surface area contributed by atoms with Gasteiger partial charge in [-0.05, 0) is 42.0 Å². The van der Waals surface area contributed by atoms with E-state index in [-0.39, 0.29) is 6.10 Å². The Labute approximate surface area is 171 Å². The van der Waals surface area contributed by atoms with Crippen molar-refractivity contribution in [1.82, 2.24) is 25.1 Å². The van der Waals surface area contributed by atoms with Crippen LogP contribution in [0.15, 0.2) is 53.1 Å². The number of benzene rings is 2. The molecule has 2 aromatic carbocycles. The zero-order valence-electron chi connectivity index (χ0n) is 15.4. The summed E-state index contributed by atoms with van der Waals surface area (Å²) in [4.78, 5) is 4.45. The third-order valence-corrected chi connectivity index (χ3v) is 5.07. The zero-order chi connectivity index (χ0) is 19.8. The van der Waals surface area contributed by atoms with Crippen LogP contribution in [0, 0.1) is 0 Å². The molecule has 9 heteroatoms. The Kier molecular flexibility index (Phi) is 4.49. The number of hydrogen-bond donors (Lipinski definition) is 0. The maximum absolute atomic E-state index is 6.04. The van der Waals surface area contributed by atoms with Crippen molar-refractivity contribution in [3.8, 4) is 28.7 Å². The van der Waals surface area contributed by atoms with Gasteiger partial charge in [-0.25, -0.2) is 4.68 Å². The van der Waals surface area contributed by atoms with E-state index in [1.165, 1.54) is 0 Å². The van der Waals surface area contributed by atoms with E-state index in [9.17, 15) is 0 Å². The van der Waals surface area contributed by atoms with Crippen molar-refractivity contribution in [3.63, 3.8) is 0 Å². The molecule has 0 fully saturated rings. The van der Waals surface area contributed by atoms with E-state index in [0.29, 0.717) is 35.6 Å². The number of rotatable bonds is 4. The summed E-state index contributed by atoms with van der Waals surface area (Å²) in [7, 11) is 1.64. The molecule has 5 rings (SSSR count). The standard InChI is InChI=1S/C20H16ClN5O3/c1-27-15-8-4-12(5-9-15)17-10-26-16(11-28-17)18(23-25-26)20-22-19(24-29-20)13-2-6-14(21)7-3-13/h2-9,17H,10-11H2,1H3. The summed E-state index contributed by atoms with van der Waals surface area (Å²) in [5, 5.41) is 13.2. The van der Waals surface area contributed by atoms with Gasteiger partial charge in [0.15, 0.2) is 5.69 Å². The lowest BCUT2D eigenvalue weighted by atomic mass is 10.1. The van der Waals surface area contributed by atoms with Crippen molar-refractivity contribution in [2.24, 2.45) is 0 Å². The highest BCUT2D eigenvalue weighted by Crippen LogP contribution is 2.31. The second kappa shape index (κ2) is 7.31. The van der Waals surface area contributed by atoms with Crippen molar-refractivity contribution in [1.29, 1.82) is 0 Å². The number of fused-ring (bicyclic) bond motifs is 1. The molecule has 0 spiro atoms. The average Bonchev–Trinajstić information content (AvgIpc) is 3.41. The molecule has 3 heterocycles. The molecule has 1 aliphatic heterocycles. The van der Waals surface area contributed by atoms with Gasteiger partial charge >= 0.3 is 0 Å². The van der Waals surface area contributed by atoms with Gasteiger partial charge in [0.2, 0.25) is 5.82 Å². The fraction of sp³-hybridized carbons (Fsp3) is 0.200. The van der Waals surface area contributed by atoms with Gasteiger partial charge in [-0.1, -0.05) is 34.1 Å². The molecule has 0 amide bonds. The molecule has 1 aliphatic rings. The highest BCUT2D eigenvalue weighted by atomic mass is 35.5. The SMILES string of the molecule is COc1ccc(C2Cn3nnc(-c4nc(-c5ccc(Cl)cc5)no4)c3CO2)cc1. The number of aromatic nitrogens is 5. The van der Waals surface area contributed by atoms with E-state index in [4.69, 9.17) is 25.6 Å². The smallest absolute Gasteiger partial charge is 0.280 e. The first kappa shape index (κ1) is 17.8. The Hall–Kier alpha value is -3.23. The van der Waals surface area contributed by atoms with Crippen LogP contribution in [-0.4, -0.2) is 32.2 Å². The van der Waals surface area contributed by atoms with E-state index in [2.05, 4.69) is 20.5 Å². The minimum Gasteiger partial charge on any atom is -0.497 e. The fourth-order valence-electron chi connectivity index (χ4n) is 3.23. The van der Waals surface area contributed by atoms with Gasteiger partial charge in [-0.3, -0.25) is 0 Å². The quantitative estimate of drug-likeness (QED) is 0.504. The zero-order valence-corrected chi connectivity index (χ0v) is 16.2. The van der Waals surface area contributed by atoms with Crippen LogP contribution in [0.5, 0.6) is 5.75 Å². The number of methoxy groups -OCH3 is 1. The molecule has 1 atom stereocenters. The van der Waals surface area contributed by atoms with Gasteiger partial charge in [-0.15, -0.1) is 5.10 Å². The summed E-state index contributed by atoms with van der Waals surface area (Å²) in [6.07, 6.45) is -0.115. The first-order chi connectivity index (χ1) is 14.2. The highest BCUT2D eigenvalue weighted by Gasteiger charge is 2.28. The number of ether oxygens (including phenoxy) is 2. The number of nitrogens with zero attached hydrogens (tertiary/aromatic N) is 5. The third-order valence-electron chi connectivity index (χ3n) is 4.82. The maximum atomic E-state index is 6.04. The van der Waals surface area contributed by atoms with Crippen LogP contribution in [0.3, 0.4) is 0 Å². The molecule has 0 N–H and O–H groups in total. The molecule has 0 bridgehead atoms. The average molecular weight is 410 g/mol. The van der Waals surface area contributed by atoms with Gasteiger partial charge in [0.05, 0.1) is 26.0 Å². The molecule has 146 valence electrons. The second-order valence-corrected chi connectivity index (χ2v) is 7.01. The summed E-state index contributed by atoms with van der Waals surface area (Å²) in [6.45, 7) is 0.893. The predicted octanol–water partition coefficient (Wildman–Crippen LogP) is 3.93. The summed E-state index contributed by atoms with van der Waals surface area (Å²) >= 11 is 5.93. The molecule has 1 unspecified atom stereocenters. The van der Waals surface area contributed by atoms with Gasteiger partial charge in [0, 0.05) is 10.6 Å². The van der Waals surface area contributed by atoms with Gasteiger partial charge in [0.25, 0.3) is 5.89 Å². The Bertz CT molecular complexity index is 1140. The summed E-state index contributed by atoms with van der Waals surface area (Å²) in [5.41, 5.74) is 3.20. The molecule has 0 saturated heterocycles. The van der Waals surface area contributed by atoms with Crippen molar-refractivity contribution in [2.45, 2.75) is 19.3 Å². The van der Waals surface area contributed by atoms with Crippen LogP contribution < -0.4 is 4.74 Å². The first-order valence-corrected chi connectivity index (χ1v) is 9.37. The van der Waals surface area contributed by atoms with Gasteiger partial charge in [-0.2, -0.15) is 4.98 Å². The van der Waals surface area contributed by atoms with E-state index < -0.39 is 0 Å². The summed E-state index contributed by atoms with van der Waals surface area (Å²) in [6, 6.07) is 15.0. The Morgan fingerprint density at radius 3 is 2.66 bits per heavy atom. The molecule has 0 saturated carbocycles. The van der Waals surface area contributed by atoms with Crippen molar-refractivity contribution in [2.75, 3.05) is 7.11 Å². The lowest BCUT2D eigenvalue weighted by Crippen LogP contribution is -2.22. The topological polar surface area (TPSA) is 88.1 Å². The molecular formula is C20H16ClN5O3. The lowest BCUT2D eigenvalue weighted by Gasteiger charge is -2.24. The fourth-order valence-corrected chi connectivity index (χ4v) is 3.36. The Morgan fingerprint density at radius 1 is 1.10 bits per heavy atom. The first-order valence-electron chi connectivity index (χ1n) is 8.99. The number of hydrogen-bond acceptors (Lipinski definition) is 7. The third kappa shape index (κ3) is 3.37. The molecule has 0 radical (unpaired) electrons. The summed E-state index contributed by atoms with van der Waals surface area (Å²) in [5.74, 6) is 1.58. The van der Waals surface area contributed by atoms with E-state index in [1.54, 1.807) is 19.2 Å². The van der Waals surface area contributed by atoms with Crippen LogP contribution in [0.1, 0.15) is 17.4 Å². The molecule has 2 aromatic heterocycles. The largest absolute Gasteiger partial charge is 0.497 e. The van der Waals surface area contributed by atoms with Crippen LogP contribution in [0.25, 0.3) is 23.0 Å². The minimum absolute atomic E-state index is 0.115. The molecular weight excluding hydrogens is 394 g/mol. The van der Waals surface area contributed by atoms with Crippen LogP contribution >= 0.6 is 11.6 Å². The van der Waals surface area contributed by atoms with Crippen LogP contribution in [0.2, 0.25) is 5.02 Å². The normalized spacial score (nSPS) is 15.9. The monoisotopic (exact) mass is 409 g/mol. The molecule has 29 heavy (non-hydrogen) atoms. The van der Waals surface area contributed by atoms with Crippen LogP contribution in [0.4, 0.5) is 0 Å². The minimum atomic E-state index is -0.115. The summed E-state index contributed by atoms with van der Waals surface area (Å²) < 4.78 is 18.5. The van der Waals surface area contributed by atoms with E-state index in [1.807, 2.05) is 41.1 Å². The highest BCUT2D eigenvalue weighted by molar-refractivity contribution is 6.30. The maximum Gasteiger partial charge on any atom is 0.280 e. The van der Waals surface area contributed by atoms with Crippen LogP contribution in [-0.2, 0) is 17.9 Å². The Morgan fingerprint density at radius 2 is 1.90 bits per heavy atom. The van der Waals surface area contributed by atoms with Gasteiger partial charge in [0.1, 0.15) is 11.9 Å². The second-order valence-electron chi connectivity index (χ2n) is 6.57. The number of halogens is 1. The molecule has 4 aromatic rings. The predicted molar refractivity (Wildman–Crippen MR) is 104 cm³/mol. The van der Waals surface area contributed by atoms with E-state index >= 15 is 0 Å². The van der Waals surface area contributed by atoms with Crippen molar-refractivity contribution in [3.05, 3.63) is 64.8 Å².